The molecule has 2 aromatic heterocycles. The van der Waals surface area contributed by atoms with Gasteiger partial charge in [0, 0.05) is 5.39 Å². The second-order valence-corrected chi connectivity index (χ2v) is 3.86. The van der Waals surface area contributed by atoms with Crippen molar-refractivity contribution in [3.63, 3.8) is 0 Å². The highest BCUT2D eigenvalue weighted by atomic mass is 16.5. The fourth-order valence-corrected chi connectivity index (χ4v) is 1.73. The van der Waals surface area contributed by atoms with Gasteiger partial charge in [0.1, 0.15) is 0 Å². The molecule has 0 fully saturated rings. The van der Waals surface area contributed by atoms with Crippen molar-refractivity contribution in [2.45, 2.75) is 13.5 Å². The minimum Gasteiger partial charge on any atom is -0.374 e. The molecule has 0 saturated heterocycles. The van der Waals surface area contributed by atoms with Gasteiger partial charge in [0.2, 0.25) is 5.89 Å². The van der Waals surface area contributed by atoms with Gasteiger partial charge in [-0.3, -0.25) is 0 Å². The summed E-state index contributed by atoms with van der Waals surface area (Å²) in [6.07, 6.45) is 1.69. The van der Waals surface area contributed by atoms with Crippen molar-refractivity contribution in [3.8, 4) is 0 Å². The molecule has 6 nitrogen and oxygen atoms in total. The molecule has 2 heterocycles. The van der Waals surface area contributed by atoms with Gasteiger partial charge < -0.3 is 9.84 Å². The molecular formula is C12H11N5O. The van der Waals surface area contributed by atoms with Gasteiger partial charge in [-0.15, -0.1) is 0 Å². The topological polar surface area (TPSA) is 76.7 Å². The van der Waals surface area contributed by atoms with Gasteiger partial charge in [-0.1, -0.05) is 23.4 Å². The van der Waals surface area contributed by atoms with E-state index in [2.05, 4.69) is 25.7 Å². The lowest BCUT2D eigenvalue weighted by Gasteiger charge is -2.05. The molecule has 0 amide bonds. The lowest BCUT2D eigenvalue weighted by Crippen LogP contribution is -2.01. The maximum absolute atomic E-state index is 5.04. The second kappa shape index (κ2) is 4.40. The van der Waals surface area contributed by atoms with Crippen LogP contribution in [0.3, 0.4) is 0 Å². The van der Waals surface area contributed by atoms with Gasteiger partial charge in [-0.2, -0.15) is 15.2 Å². The van der Waals surface area contributed by atoms with Crippen molar-refractivity contribution in [3.05, 3.63) is 42.2 Å². The summed E-state index contributed by atoms with van der Waals surface area (Å²) in [5.74, 6) is 1.18. The van der Waals surface area contributed by atoms with Gasteiger partial charge >= 0.3 is 0 Å². The van der Waals surface area contributed by atoms with E-state index in [0.29, 0.717) is 18.3 Å². The Morgan fingerprint density at radius 3 is 3.00 bits per heavy atom. The predicted molar refractivity (Wildman–Crippen MR) is 65.9 cm³/mol. The summed E-state index contributed by atoms with van der Waals surface area (Å²) < 4.78 is 5.04. The number of nitrogens with one attached hydrogen (secondary N) is 1. The average Bonchev–Trinajstić information content (AvgIpc) is 2.82. The number of hydrogen-bond donors (Lipinski definition) is 1. The van der Waals surface area contributed by atoms with Crippen LogP contribution in [0, 0.1) is 6.92 Å². The Morgan fingerprint density at radius 1 is 1.28 bits per heavy atom. The van der Waals surface area contributed by atoms with E-state index in [1.54, 1.807) is 13.1 Å². The highest BCUT2D eigenvalue weighted by Crippen LogP contribution is 2.20. The lowest BCUT2D eigenvalue weighted by molar-refractivity contribution is 0.379. The summed E-state index contributed by atoms with van der Waals surface area (Å²) >= 11 is 0. The van der Waals surface area contributed by atoms with Gasteiger partial charge in [-0.25, -0.2) is 0 Å². The van der Waals surface area contributed by atoms with Crippen molar-refractivity contribution in [1.82, 2.24) is 20.3 Å². The van der Waals surface area contributed by atoms with Crippen molar-refractivity contribution >= 4 is 16.6 Å². The fourth-order valence-electron chi connectivity index (χ4n) is 1.73. The van der Waals surface area contributed by atoms with Gasteiger partial charge in [0.05, 0.1) is 23.9 Å². The molecule has 3 rings (SSSR count). The van der Waals surface area contributed by atoms with Crippen LogP contribution in [0.2, 0.25) is 0 Å². The van der Waals surface area contributed by atoms with Crippen molar-refractivity contribution in [2.24, 2.45) is 0 Å². The number of aromatic nitrogens is 4. The molecule has 1 N–H and O–H groups in total. The number of benzene rings is 1. The maximum atomic E-state index is 5.04. The zero-order valence-corrected chi connectivity index (χ0v) is 9.79. The summed E-state index contributed by atoms with van der Waals surface area (Å²) in [4.78, 5) is 4.13. The van der Waals surface area contributed by atoms with Crippen molar-refractivity contribution < 1.29 is 4.52 Å². The molecule has 0 aliphatic rings. The van der Waals surface area contributed by atoms with E-state index in [4.69, 9.17) is 4.52 Å². The highest BCUT2D eigenvalue weighted by molar-refractivity contribution is 5.90. The molecular weight excluding hydrogens is 230 g/mol. The van der Waals surface area contributed by atoms with Crippen LogP contribution in [0.25, 0.3) is 10.9 Å². The van der Waals surface area contributed by atoms with E-state index in [0.717, 1.165) is 16.6 Å². The van der Waals surface area contributed by atoms with Crippen LogP contribution in [0.1, 0.15) is 11.7 Å². The van der Waals surface area contributed by atoms with Crippen LogP contribution >= 0.6 is 0 Å². The van der Waals surface area contributed by atoms with E-state index in [-0.39, 0.29) is 0 Å². The SMILES string of the molecule is Cc1noc(CNc2cnnc3ccccc23)n1. The maximum Gasteiger partial charge on any atom is 0.245 e. The van der Waals surface area contributed by atoms with E-state index in [1.807, 2.05) is 24.3 Å². The Hall–Kier alpha value is -2.50. The first-order chi connectivity index (χ1) is 8.83. The van der Waals surface area contributed by atoms with Crippen LogP contribution in [0.15, 0.2) is 35.0 Å². The number of aryl methyl sites for hydroxylation is 1. The molecule has 90 valence electrons. The molecule has 0 aliphatic heterocycles. The Morgan fingerprint density at radius 2 is 2.17 bits per heavy atom. The molecule has 0 radical (unpaired) electrons. The molecule has 0 spiro atoms. The summed E-state index contributed by atoms with van der Waals surface area (Å²) in [6.45, 7) is 2.26. The van der Waals surface area contributed by atoms with Crippen LogP contribution in [0.5, 0.6) is 0 Å². The number of nitrogens with zero attached hydrogens (tertiary/aromatic N) is 4. The normalized spacial score (nSPS) is 10.7. The molecule has 0 saturated carbocycles. The van der Waals surface area contributed by atoms with Crippen LogP contribution in [-0.2, 0) is 6.54 Å². The molecule has 0 aliphatic carbocycles. The van der Waals surface area contributed by atoms with E-state index in [1.165, 1.54) is 0 Å². The van der Waals surface area contributed by atoms with Crippen LogP contribution in [0.4, 0.5) is 5.69 Å². The average molecular weight is 241 g/mol. The number of fused-ring (bicyclic) bond motifs is 1. The molecule has 1 aromatic carbocycles. The predicted octanol–water partition coefficient (Wildman–Crippen LogP) is 1.93. The van der Waals surface area contributed by atoms with E-state index in [9.17, 15) is 0 Å². The Kier molecular flexibility index (Phi) is 2.60. The van der Waals surface area contributed by atoms with Gasteiger partial charge in [-0.05, 0) is 13.0 Å². The third kappa shape index (κ3) is 2.00. The van der Waals surface area contributed by atoms with Gasteiger partial charge in [0.25, 0.3) is 0 Å². The third-order valence-electron chi connectivity index (χ3n) is 2.55. The third-order valence-corrected chi connectivity index (χ3v) is 2.55. The summed E-state index contributed by atoms with van der Waals surface area (Å²) in [5.41, 5.74) is 1.75. The molecule has 0 bridgehead atoms. The van der Waals surface area contributed by atoms with Crippen LogP contribution in [-0.4, -0.2) is 20.3 Å². The molecule has 6 heteroatoms. The Labute approximate surface area is 103 Å². The fraction of sp³-hybridized carbons (Fsp3) is 0.167. The number of rotatable bonds is 3. The van der Waals surface area contributed by atoms with Crippen LogP contribution < -0.4 is 5.32 Å². The smallest absolute Gasteiger partial charge is 0.245 e. The second-order valence-electron chi connectivity index (χ2n) is 3.86. The minimum atomic E-state index is 0.469. The summed E-state index contributed by atoms with van der Waals surface area (Å²) in [5, 5.41) is 16.0. The highest BCUT2D eigenvalue weighted by Gasteiger charge is 2.05. The Bertz CT molecular complexity index is 674. The molecule has 18 heavy (non-hydrogen) atoms. The first-order valence-corrected chi connectivity index (χ1v) is 5.56. The molecule has 3 aromatic rings. The molecule has 0 atom stereocenters. The van der Waals surface area contributed by atoms with E-state index < -0.39 is 0 Å². The number of hydrogen-bond acceptors (Lipinski definition) is 6. The van der Waals surface area contributed by atoms with Gasteiger partial charge in [0.15, 0.2) is 5.82 Å². The minimum absolute atomic E-state index is 0.469. The first kappa shape index (κ1) is 10.6. The first-order valence-electron chi connectivity index (χ1n) is 5.56. The zero-order chi connectivity index (χ0) is 12.4. The van der Waals surface area contributed by atoms with E-state index >= 15 is 0 Å². The molecule has 0 unspecified atom stereocenters. The van der Waals surface area contributed by atoms with Crippen molar-refractivity contribution in [1.29, 1.82) is 0 Å². The summed E-state index contributed by atoms with van der Waals surface area (Å²) in [7, 11) is 0. The monoisotopic (exact) mass is 241 g/mol. The lowest BCUT2D eigenvalue weighted by atomic mass is 10.2. The largest absolute Gasteiger partial charge is 0.374 e. The zero-order valence-electron chi connectivity index (χ0n) is 9.79. The summed E-state index contributed by atoms with van der Waals surface area (Å²) in [6, 6.07) is 7.81. The Balaban J connectivity index is 1.86. The van der Waals surface area contributed by atoms with Crippen molar-refractivity contribution in [2.75, 3.05) is 5.32 Å². The standard InChI is InChI=1S/C12H11N5O/c1-8-15-12(18-17-8)7-13-11-6-14-16-10-5-3-2-4-9(10)11/h2-6H,7H2,1H3,(H,13,16). The number of anilines is 1. The quantitative estimate of drug-likeness (QED) is 0.755.